The van der Waals surface area contributed by atoms with E-state index in [4.69, 9.17) is 9.15 Å². The molecule has 8 heteroatoms. The number of hydrogen-bond donors (Lipinski definition) is 1. The molecule has 0 radical (unpaired) electrons. The molecule has 1 atom stereocenters. The van der Waals surface area contributed by atoms with Crippen molar-refractivity contribution >= 4 is 11.8 Å². The number of aromatic nitrogens is 1. The molecule has 0 spiro atoms. The first kappa shape index (κ1) is 22.1. The van der Waals surface area contributed by atoms with E-state index >= 15 is 0 Å². The molecule has 3 aromatic rings. The molecule has 1 saturated carbocycles. The van der Waals surface area contributed by atoms with Gasteiger partial charge in [-0.05, 0) is 66.1 Å². The number of nitrogens with one attached hydrogen (secondary N) is 1. The molecule has 1 aliphatic carbocycles. The van der Waals surface area contributed by atoms with Crippen molar-refractivity contribution in [2.45, 2.75) is 38.8 Å². The highest BCUT2D eigenvalue weighted by atomic mass is 19.1. The molecular formula is C26H26FN3O4. The SMILES string of the molecule is CC(=O)N1CCc2ccc(OCc3nc(C(=O)NCC4CC4)co3)cc2C1c1ccc(F)cc1. The Labute approximate surface area is 196 Å². The Balaban J connectivity index is 1.32. The monoisotopic (exact) mass is 463 g/mol. The van der Waals surface area contributed by atoms with Crippen LogP contribution < -0.4 is 10.1 Å². The highest BCUT2D eigenvalue weighted by Gasteiger charge is 2.31. The van der Waals surface area contributed by atoms with E-state index < -0.39 is 0 Å². The van der Waals surface area contributed by atoms with Crippen molar-refractivity contribution in [3.05, 3.63) is 82.8 Å². The molecule has 0 saturated heterocycles. The zero-order valence-electron chi connectivity index (χ0n) is 18.9. The summed E-state index contributed by atoms with van der Waals surface area (Å²) in [4.78, 5) is 30.6. The number of ether oxygens (including phenoxy) is 1. The molecular weight excluding hydrogens is 437 g/mol. The molecule has 176 valence electrons. The van der Waals surface area contributed by atoms with E-state index in [-0.39, 0.29) is 36.0 Å². The second-order valence-corrected chi connectivity index (χ2v) is 8.85. The van der Waals surface area contributed by atoms with Crippen LogP contribution in [0.3, 0.4) is 0 Å². The van der Waals surface area contributed by atoms with Crippen LogP contribution in [0.2, 0.25) is 0 Å². The molecule has 5 rings (SSSR count). The van der Waals surface area contributed by atoms with Gasteiger partial charge < -0.3 is 19.4 Å². The lowest BCUT2D eigenvalue weighted by atomic mass is 9.88. The number of carbonyl (C=O) groups is 2. The molecule has 34 heavy (non-hydrogen) atoms. The van der Waals surface area contributed by atoms with Crippen molar-refractivity contribution in [2.24, 2.45) is 5.92 Å². The summed E-state index contributed by atoms with van der Waals surface area (Å²) in [6, 6.07) is 11.7. The van der Waals surface area contributed by atoms with Gasteiger partial charge in [0.25, 0.3) is 5.91 Å². The van der Waals surface area contributed by atoms with Gasteiger partial charge in [0.1, 0.15) is 17.8 Å². The van der Waals surface area contributed by atoms with Crippen LogP contribution in [0, 0.1) is 11.7 Å². The third-order valence-electron chi connectivity index (χ3n) is 6.33. The van der Waals surface area contributed by atoms with Gasteiger partial charge in [-0.3, -0.25) is 9.59 Å². The molecule has 2 heterocycles. The van der Waals surface area contributed by atoms with Crippen LogP contribution in [0.5, 0.6) is 5.75 Å². The van der Waals surface area contributed by atoms with Gasteiger partial charge in [0.05, 0.1) is 6.04 Å². The predicted molar refractivity (Wildman–Crippen MR) is 122 cm³/mol. The minimum Gasteiger partial charge on any atom is -0.484 e. The van der Waals surface area contributed by atoms with Gasteiger partial charge in [-0.2, -0.15) is 0 Å². The van der Waals surface area contributed by atoms with Gasteiger partial charge >= 0.3 is 0 Å². The molecule has 1 fully saturated rings. The average Bonchev–Trinajstić information content (AvgIpc) is 3.55. The molecule has 2 aliphatic rings. The summed E-state index contributed by atoms with van der Waals surface area (Å²) in [5.74, 6) is 0.864. The third-order valence-corrected chi connectivity index (χ3v) is 6.33. The Morgan fingerprint density at radius 3 is 2.74 bits per heavy atom. The summed E-state index contributed by atoms with van der Waals surface area (Å²) < 4.78 is 24.8. The highest BCUT2D eigenvalue weighted by Crippen LogP contribution is 2.37. The van der Waals surface area contributed by atoms with Crippen LogP contribution in [-0.4, -0.2) is 34.8 Å². The maximum Gasteiger partial charge on any atom is 0.273 e. The number of benzene rings is 2. The Morgan fingerprint density at radius 2 is 2.00 bits per heavy atom. The van der Waals surface area contributed by atoms with Crippen LogP contribution in [0.25, 0.3) is 0 Å². The van der Waals surface area contributed by atoms with Crippen molar-refractivity contribution in [1.82, 2.24) is 15.2 Å². The number of oxazole rings is 1. The summed E-state index contributed by atoms with van der Waals surface area (Å²) in [7, 11) is 0. The van der Waals surface area contributed by atoms with Gasteiger partial charge in [0.15, 0.2) is 12.3 Å². The van der Waals surface area contributed by atoms with Crippen molar-refractivity contribution in [3.63, 3.8) is 0 Å². The van der Waals surface area contributed by atoms with E-state index in [1.54, 1.807) is 24.0 Å². The van der Waals surface area contributed by atoms with Crippen molar-refractivity contribution in [3.8, 4) is 5.75 Å². The van der Waals surface area contributed by atoms with Crippen molar-refractivity contribution in [1.29, 1.82) is 0 Å². The summed E-state index contributed by atoms with van der Waals surface area (Å²) in [6.45, 7) is 2.86. The van der Waals surface area contributed by atoms with Gasteiger partial charge in [0, 0.05) is 20.0 Å². The van der Waals surface area contributed by atoms with Crippen LogP contribution in [-0.2, 0) is 17.8 Å². The normalized spacial score (nSPS) is 17.2. The summed E-state index contributed by atoms with van der Waals surface area (Å²) in [5, 5.41) is 2.86. The van der Waals surface area contributed by atoms with Crippen LogP contribution in [0.15, 0.2) is 53.1 Å². The Bertz CT molecular complexity index is 1200. The number of carbonyl (C=O) groups excluding carboxylic acids is 2. The fraction of sp³-hybridized carbons (Fsp3) is 0.346. The minimum absolute atomic E-state index is 0.0430. The number of hydrogen-bond acceptors (Lipinski definition) is 5. The predicted octanol–water partition coefficient (Wildman–Crippen LogP) is 4.03. The first-order chi connectivity index (χ1) is 16.5. The summed E-state index contributed by atoms with van der Waals surface area (Å²) in [5.41, 5.74) is 3.13. The smallest absolute Gasteiger partial charge is 0.273 e. The lowest BCUT2D eigenvalue weighted by molar-refractivity contribution is -0.130. The second kappa shape index (κ2) is 9.29. The van der Waals surface area contributed by atoms with E-state index in [2.05, 4.69) is 10.3 Å². The number of amides is 2. The Kier molecular flexibility index (Phi) is 6.04. The van der Waals surface area contributed by atoms with E-state index in [0.717, 1.165) is 36.0 Å². The molecule has 1 aliphatic heterocycles. The maximum absolute atomic E-state index is 13.5. The summed E-state index contributed by atoms with van der Waals surface area (Å²) in [6.07, 6.45) is 4.38. The van der Waals surface area contributed by atoms with Crippen LogP contribution in [0.1, 0.15) is 58.9 Å². The van der Waals surface area contributed by atoms with Gasteiger partial charge in [-0.1, -0.05) is 18.2 Å². The van der Waals surface area contributed by atoms with Gasteiger partial charge in [0.2, 0.25) is 11.8 Å². The molecule has 2 amide bonds. The minimum atomic E-state index is -0.325. The van der Waals surface area contributed by atoms with Crippen LogP contribution >= 0.6 is 0 Å². The maximum atomic E-state index is 13.5. The average molecular weight is 464 g/mol. The number of rotatable bonds is 7. The lowest BCUT2D eigenvalue weighted by Gasteiger charge is -2.37. The Hall–Kier alpha value is -3.68. The largest absolute Gasteiger partial charge is 0.484 e. The zero-order valence-corrected chi connectivity index (χ0v) is 18.9. The first-order valence-corrected chi connectivity index (χ1v) is 11.5. The van der Waals surface area contributed by atoms with Gasteiger partial charge in [-0.15, -0.1) is 0 Å². The van der Waals surface area contributed by atoms with E-state index in [0.29, 0.717) is 30.6 Å². The van der Waals surface area contributed by atoms with Crippen molar-refractivity contribution in [2.75, 3.05) is 13.1 Å². The molecule has 1 unspecified atom stereocenters. The van der Waals surface area contributed by atoms with Gasteiger partial charge in [-0.25, -0.2) is 9.37 Å². The summed E-state index contributed by atoms with van der Waals surface area (Å²) >= 11 is 0. The second-order valence-electron chi connectivity index (χ2n) is 8.85. The molecule has 7 nitrogen and oxygen atoms in total. The van der Waals surface area contributed by atoms with E-state index in [1.165, 1.54) is 18.4 Å². The molecule has 2 aromatic carbocycles. The fourth-order valence-electron chi connectivity index (χ4n) is 4.30. The lowest BCUT2D eigenvalue weighted by Crippen LogP contribution is -2.39. The Morgan fingerprint density at radius 1 is 1.21 bits per heavy atom. The van der Waals surface area contributed by atoms with Crippen molar-refractivity contribution < 1.29 is 23.1 Å². The topological polar surface area (TPSA) is 84.7 Å². The highest BCUT2D eigenvalue weighted by molar-refractivity contribution is 5.91. The third kappa shape index (κ3) is 4.81. The van der Waals surface area contributed by atoms with E-state index in [1.807, 2.05) is 18.2 Å². The molecule has 1 N–H and O–H groups in total. The molecule has 0 bridgehead atoms. The molecule has 1 aromatic heterocycles. The zero-order chi connectivity index (χ0) is 23.7. The number of fused-ring (bicyclic) bond motifs is 1. The van der Waals surface area contributed by atoms with Crippen LogP contribution in [0.4, 0.5) is 4.39 Å². The van der Waals surface area contributed by atoms with E-state index in [9.17, 15) is 14.0 Å². The standard InChI is InChI=1S/C26H26FN3O4/c1-16(31)30-11-10-18-6-9-21(12-22(18)25(30)19-4-7-20(27)8-5-19)33-15-24-29-23(14-34-24)26(32)28-13-17-2-3-17/h4-9,12,14,17,25H,2-3,10-11,13,15H2,1H3,(H,28,32). The first-order valence-electron chi connectivity index (χ1n) is 11.5. The number of halogens is 1. The number of nitrogens with zero attached hydrogens (tertiary/aromatic N) is 2. The quantitative estimate of drug-likeness (QED) is 0.572. The fourth-order valence-corrected chi connectivity index (χ4v) is 4.30.